The third-order valence-corrected chi connectivity index (χ3v) is 2.71. The Morgan fingerprint density at radius 3 is 2.94 bits per heavy atom. The van der Waals surface area contributed by atoms with Crippen molar-refractivity contribution in [2.45, 2.75) is 6.42 Å². The van der Waals surface area contributed by atoms with Crippen LogP contribution < -0.4 is 0 Å². The van der Waals surface area contributed by atoms with Gasteiger partial charge in [-0.2, -0.15) is 0 Å². The largest absolute Gasteiger partial charge is 0.294 e. The van der Waals surface area contributed by atoms with Gasteiger partial charge in [-0.05, 0) is 18.2 Å². The van der Waals surface area contributed by atoms with Gasteiger partial charge >= 0.3 is 0 Å². The summed E-state index contributed by atoms with van der Waals surface area (Å²) in [6.07, 6.45) is 1.68. The molecule has 0 spiro atoms. The fourth-order valence-electron chi connectivity index (χ4n) is 1.45. The first-order valence-electron chi connectivity index (χ1n) is 4.89. The molecule has 0 bridgehead atoms. The van der Waals surface area contributed by atoms with Gasteiger partial charge in [0.15, 0.2) is 5.78 Å². The van der Waals surface area contributed by atoms with Gasteiger partial charge in [0.1, 0.15) is 5.82 Å². The molecule has 1 aromatic carbocycles. The highest BCUT2D eigenvalue weighted by Gasteiger charge is 2.14. The van der Waals surface area contributed by atoms with Gasteiger partial charge in [0.2, 0.25) is 0 Å². The molecule has 0 fully saturated rings. The molecule has 0 aliphatic rings. The normalized spacial score (nSPS) is 10.5. The van der Waals surface area contributed by atoms with E-state index in [9.17, 15) is 9.18 Å². The topological polar surface area (TPSA) is 47.8 Å². The maximum Gasteiger partial charge on any atom is 0.171 e. The van der Waals surface area contributed by atoms with Crippen LogP contribution in [0.1, 0.15) is 16.1 Å². The first kappa shape index (κ1) is 11.9. The monoisotopic (exact) mass is 297 g/mol. The van der Waals surface area contributed by atoms with Gasteiger partial charge in [-0.3, -0.25) is 9.48 Å². The molecule has 2 rings (SSSR count). The minimum atomic E-state index is -0.526. The van der Waals surface area contributed by atoms with Crippen LogP contribution in [0.25, 0.3) is 0 Å². The van der Waals surface area contributed by atoms with Crippen LogP contribution in [0.5, 0.6) is 0 Å². The number of hydrogen-bond acceptors (Lipinski definition) is 3. The molecule has 1 aromatic heterocycles. The van der Waals surface area contributed by atoms with Crippen molar-refractivity contribution in [3.05, 3.63) is 45.9 Å². The molecule has 88 valence electrons. The number of rotatable bonds is 3. The Balaban J connectivity index is 2.22. The van der Waals surface area contributed by atoms with E-state index in [1.54, 1.807) is 19.3 Å². The molecular weight excluding hydrogens is 289 g/mol. The Hall–Kier alpha value is -1.56. The summed E-state index contributed by atoms with van der Waals surface area (Å²) in [7, 11) is 1.71. The van der Waals surface area contributed by atoms with E-state index < -0.39 is 5.82 Å². The molecule has 0 aliphatic carbocycles. The molecule has 0 saturated carbocycles. The van der Waals surface area contributed by atoms with Crippen molar-refractivity contribution in [2.24, 2.45) is 7.05 Å². The number of halogens is 2. The highest BCUT2D eigenvalue weighted by atomic mass is 79.9. The summed E-state index contributed by atoms with van der Waals surface area (Å²) >= 11 is 3.20. The Morgan fingerprint density at radius 2 is 2.29 bits per heavy atom. The van der Waals surface area contributed by atoms with E-state index in [2.05, 4.69) is 26.2 Å². The maximum absolute atomic E-state index is 13.4. The molecule has 0 amide bonds. The number of aryl methyl sites for hydroxylation is 1. The molecular formula is C11H9BrFN3O. The fourth-order valence-corrected chi connectivity index (χ4v) is 1.81. The third-order valence-electron chi connectivity index (χ3n) is 2.22. The zero-order valence-corrected chi connectivity index (χ0v) is 10.6. The van der Waals surface area contributed by atoms with Crippen molar-refractivity contribution < 1.29 is 9.18 Å². The summed E-state index contributed by atoms with van der Waals surface area (Å²) in [4.78, 5) is 11.9. The summed E-state index contributed by atoms with van der Waals surface area (Å²) < 4.78 is 15.6. The van der Waals surface area contributed by atoms with Crippen molar-refractivity contribution >= 4 is 21.7 Å². The van der Waals surface area contributed by atoms with Crippen molar-refractivity contribution in [3.8, 4) is 0 Å². The summed E-state index contributed by atoms with van der Waals surface area (Å²) in [5.74, 6) is -0.841. The number of carbonyl (C=O) groups is 1. The van der Waals surface area contributed by atoms with Gasteiger partial charge in [-0.15, -0.1) is 5.10 Å². The van der Waals surface area contributed by atoms with Crippen LogP contribution in [0.3, 0.4) is 0 Å². The Kier molecular flexibility index (Phi) is 3.33. The van der Waals surface area contributed by atoms with Crippen LogP contribution in [0.4, 0.5) is 4.39 Å². The second kappa shape index (κ2) is 4.75. The molecule has 17 heavy (non-hydrogen) atoms. The number of benzene rings is 1. The molecule has 0 aliphatic heterocycles. The minimum Gasteiger partial charge on any atom is -0.294 e. The SMILES string of the molecule is Cn1cc(CC(=O)c2cc(Br)ccc2F)nn1. The second-order valence-electron chi connectivity index (χ2n) is 3.61. The molecule has 0 saturated heterocycles. The van der Waals surface area contributed by atoms with Crippen LogP contribution in [0.15, 0.2) is 28.9 Å². The number of Topliss-reactive ketones (excluding diaryl/α,β-unsaturated/α-hetero) is 1. The summed E-state index contributed by atoms with van der Waals surface area (Å²) in [5, 5.41) is 7.51. The number of ketones is 1. The second-order valence-corrected chi connectivity index (χ2v) is 4.52. The van der Waals surface area contributed by atoms with E-state index >= 15 is 0 Å². The van der Waals surface area contributed by atoms with Gasteiger partial charge in [0.25, 0.3) is 0 Å². The average molecular weight is 298 g/mol. The summed E-state index contributed by atoms with van der Waals surface area (Å²) in [5.41, 5.74) is 0.585. The Labute approximate surface area is 106 Å². The van der Waals surface area contributed by atoms with Gasteiger partial charge in [-0.1, -0.05) is 21.1 Å². The molecule has 0 atom stereocenters. The van der Waals surface area contributed by atoms with E-state index in [-0.39, 0.29) is 17.8 Å². The van der Waals surface area contributed by atoms with E-state index in [0.29, 0.717) is 10.2 Å². The molecule has 0 radical (unpaired) electrons. The lowest BCUT2D eigenvalue weighted by Crippen LogP contribution is -2.06. The average Bonchev–Trinajstić information content (AvgIpc) is 2.67. The van der Waals surface area contributed by atoms with E-state index in [1.165, 1.54) is 16.8 Å². The van der Waals surface area contributed by atoms with Gasteiger partial charge in [-0.25, -0.2) is 4.39 Å². The Bertz CT molecular complexity index is 568. The van der Waals surface area contributed by atoms with E-state index in [1.807, 2.05) is 0 Å². The number of carbonyl (C=O) groups excluding carboxylic acids is 1. The first-order chi connectivity index (χ1) is 8.06. The number of hydrogen-bond donors (Lipinski definition) is 0. The first-order valence-corrected chi connectivity index (χ1v) is 5.69. The summed E-state index contributed by atoms with van der Waals surface area (Å²) in [6.45, 7) is 0. The fraction of sp³-hybridized carbons (Fsp3) is 0.182. The van der Waals surface area contributed by atoms with Crippen molar-refractivity contribution in [1.82, 2.24) is 15.0 Å². The zero-order valence-electron chi connectivity index (χ0n) is 9.02. The smallest absolute Gasteiger partial charge is 0.171 e. The van der Waals surface area contributed by atoms with E-state index in [4.69, 9.17) is 0 Å². The zero-order chi connectivity index (χ0) is 12.4. The molecule has 0 N–H and O–H groups in total. The quantitative estimate of drug-likeness (QED) is 0.816. The van der Waals surface area contributed by atoms with Gasteiger partial charge in [0, 0.05) is 17.7 Å². The van der Waals surface area contributed by atoms with Gasteiger partial charge in [0.05, 0.1) is 17.7 Å². The predicted molar refractivity (Wildman–Crippen MR) is 63.1 cm³/mol. The van der Waals surface area contributed by atoms with Crippen molar-refractivity contribution in [2.75, 3.05) is 0 Å². The van der Waals surface area contributed by atoms with E-state index in [0.717, 1.165) is 0 Å². The van der Waals surface area contributed by atoms with Crippen LogP contribution >= 0.6 is 15.9 Å². The third kappa shape index (κ3) is 2.76. The molecule has 0 unspecified atom stereocenters. The van der Waals surface area contributed by atoms with Crippen LogP contribution in [0.2, 0.25) is 0 Å². The van der Waals surface area contributed by atoms with Crippen LogP contribution in [-0.2, 0) is 13.5 Å². The highest BCUT2D eigenvalue weighted by Crippen LogP contribution is 2.17. The van der Waals surface area contributed by atoms with Gasteiger partial charge < -0.3 is 0 Å². The maximum atomic E-state index is 13.4. The van der Waals surface area contributed by atoms with Crippen molar-refractivity contribution in [3.63, 3.8) is 0 Å². The van der Waals surface area contributed by atoms with Crippen LogP contribution in [0, 0.1) is 5.82 Å². The molecule has 6 heteroatoms. The Morgan fingerprint density at radius 1 is 1.53 bits per heavy atom. The number of nitrogens with zero attached hydrogens (tertiary/aromatic N) is 3. The predicted octanol–water partition coefficient (Wildman–Crippen LogP) is 2.14. The van der Waals surface area contributed by atoms with Crippen LogP contribution in [-0.4, -0.2) is 20.8 Å². The summed E-state index contributed by atoms with van der Waals surface area (Å²) in [6, 6.07) is 4.27. The molecule has 2 aromatic rings. The molecule has 1 heterocycles. The molecule has 4 nitrogen and oxygen atoms in total. The lowest BCUT2D eigenvalue weighted by atomic mass is 10.1. The standard InChI is InChI=1S/C11H9BrFN3O/c1-16-6-8(14-15-16)5-11(17)9-4-7(12)2-3-10(9)13/h2-4,6H,5H2,1H3. The van der Waals surface area contributed by atoms with Crippen molar-refractivity contribution in [1.29, 1.82) is 0 Å². The lowest BCUT2D eigenvalue weighted by Gasteiger charge is -2.01. The highest BCUT2D eigenvalue weighted by molar-refractivity contribution is 9.10. The minimum absolute atomic E-state index is 0.0429. The lowest BCUT2D eigenvalue weighted by molar-refractivity contribution is 0.0988. The number of aromatic nitrogens is 3.